The number of halogens is 3. The van der Waals surface area contributed by atoms with Crippen molar-refractivity contribution in [1.82, 2.24) is 10.2 Å². The van der Waals surface area contributed by atoms with Gasteiger partial charge in [-0.3, -0.25) is 14.5 Å². The van der Waals surface area contributed by atoms with Crippen molar-refractivity contribution in [2.75, 3.05) is 26.0 Å². The van der Waals surface area contributed by atoms with Gasteiger partial charge in [-0.1, -0.05) is 0 Å². The number of ether oxygens (including phenoxy) is 1. The molecule has 0 aliphatic heterocycles. The fraction of sp³-hybridized carbons (Fsp3) is 0.294. The lowest BCUT2D eigenvalue weighted by Crippen LogP contribution is -2.40. The van der Waals surface area contributed by atoms with Gasteiger partial charge in [0.25, 0.3) is 0 Å². The molecule has 2 rings (SSSR count). The summed E-state index contributed by atoms with van der Waals surface area (Å²) in [7, 11) is 3.59. The predicted octanol–water partition coefficient (Wildman–Crippen LogP) is 2.54. The van der Waals surface area contributed by atoms with Crippen molar-refractivity contribution in [3.05, 3.63) is 48.4 Å². The standard InChI is InChI=1S/C17H18F3N3O4/c1-23(2)13(14-4-3-9-26-14)10-21-15(24)16(25)22-11-5-7-12(8-6-11)27-17(18,19)20/h3-9,13H,10H2,1-2H3,(H,21,24)(H,22,25)/t13-/m1/s1. The summed E-state index contributed by atoms with van der Waals surface area (Å²) in [6.45, 7) is 0.130. The first-order chi connectivity index (χ1) is 12.7. The molecule has 0 unspecified atom stereocenters. The number of hydrogen-bond donors (Lipinski definition) is 2. The van der Waals surface area contributed by atoms with E-state index < -0.39 is 23.9 Å². The van der Waals surface area contributed by atoms with E-state index in [4.69, 9.17) is 4.42 Å². The van der Waals surface area contributed by atoms with Gasteiger partial charge in [-0.15, -0.1) is 13.2 Å². The molecule has 0 bridgehead atoms. The van der Waals surface area contributed by atoms with Gasteiger partial charge in [-0.25, -0.2) is 0 Å². The highest BCUT2D eigenvalue weighted by molar-refractivity contribution is 6.39. The Bertz CT molecular complexity index is 759. The fourth-order valence-electron chi connectivity index (χ4n) is 2.22. The van der Waals surface area contributed by atoms with E-state index in [0.29, 0.717) is 5.76 Å². The highest BCUT2D eigenvalue weighted by Gasteiger charge is 2.31. The van der Waals surface area contributed by atoms with Gasteiger partial charge in [0.15, 0.2) is 0 Å². The largest absolute Gasteiger partial charge is 0.573 e. The third-order valence-corrected chi connectivity index (χ3v) is 3.50. The van der Waals surface area contributed by atoms with Crippen LogP contribution in [0.5, 0.6) is 5.75 Å². The molecule has 2 N–H and O–H groups in total. The van der Waals surface area contributed by atoms with Gasteiger partial charge in [-0.05, 0) is 50.5 Å². The Morgan fingerprint density at radius 1 is 1.15 bits per heavy atom. The number of alkyl halides is 3. The minimum absolute atomic E-state index is 0.130. The van der Waals surface area contributed by atoms with Crippen LogP contribution in [0.4, 0.5) is 18.9 Å². The Kier molecular flexibility index (Phi) is 6.45. The molecule has 2 amide bonds. The maximum absolute atomic E-state index is 12.1. The van der Waals surface area contributed by atoms with Gasteiger partial charge < -0.3 is 19.8 Å². The molecule has 0 saturated carbocycles. The maximum Gasteiger partial charge on any atom is 0.573 e. The third-order valence-electron chi connectivity index (χ3n) is 3.50. The van der Waals surface area contributed by atoms with Crippen LogP contribution < -0.4 is 15.4 Å². The SMILES string of the molecule is CN(C)[C@H](CNC(=O)C(=O)Nc1ccc(OC(F)(F)F)cc1)c1ccco1. The lowest BCUT2D eigenvalue weighted by atomic mass is 10.2. The molecule has 0 fully saturated rings. The molecule has 1 atom stereocenters. The van der Waals surface area contributed by atoms with Crippen molar-refractivity contribution in [2.24, 2.45) is 0 Å². The van der Waals surface area contributed by atoms with Crippen LogP contribution in [0.2, 0.25) is 0 Å². The van der Waals surface area contributed by atoms with Gasteiger partial charge in [0.1, 0.15) is 11.5 Å². The maximum atomic E-state index is 12.1. The minimum Gasteiger partial charge on any atom is -0.468 e. The number of nitrogens with one attached hydrogen (secondary N) is 2. The first kappa shape index (κ1) is 20.3. The molecule has 2 aromatic rings. The first-order valence-corrected chi connectivity index (χ1v) is 7.80. The summed E-state index contributed by atoms with van der Waals surface area (Å²) in [4.78, 5) is 25.7. The van der Waals surface area contributed by atoms with Gasteiger partial charge >= 0.3 is 18.2 Å². The number of carbonyl (C=O) groups is 2. The summed E-state index contributed by atoms with van der Waals surface area (Å²) in [5.41, 5.74) is 0.153. The Morgan fingerprint density at radius 2 is 1.81 bits per heavy atom. The van der Waals surface area contributed by atoms with Crippen LogP contribution in [0.3, 0.4) is 0 Å². The molecule has 1 heterocycles. The number of benzene rings is 1. The molecular formula is C17H18F3N3O4. The summed E-state index contributed by atoms with van der Waals surface area (Å²) in [6.07, 6.45) is -3.30. The minimum atomic E-state index is -4.80. The molecule has 1 aromatic carbocycles. The van der Waals surface area contributed by atoms with E-state index in [-0.39, 0.29) is 18.3 Å². The van der Waals surface area contributed by atoms with Crippen molar-refractivity contribution in [2.45, 2.75) is 12.4 Å². The molecular weight excluding hydrogens is 367 g/mol. The van der Waals surface area contributed by atoms with Gasteiger partial charge in [0, 0.05) is 12.2 Å². The molecule has 27 heavy (non-hydrogen) atoms. The van der Waals surface area contributed by atoms with E-state index in [1.54, 1.807) is 26.2 Å². The van der Waals surface area contributed by atoms with Crippen molar-refractivity contribution < 1.29 is 31.9 Å². The average Bonchev–Trinajstić information content (AvgIpc) is 3.09. The predicted molar refractivity (Wildman–Crippen MR) is 89.9 cm³/mol. The highest BCUT2D eigenvalue weighted by atomic mass is 19.4. The lowest BCUT2D eigenvalue weighted by molar-refractivity contribution is -0.274. The van der Waals surface area contributed by atoms with Crippen LogP contribution in [0.15, 0.2) is 47.1 Å². The van der Waals surface area contributed by atoms with Crippen LogP contribution in [-0.2, 0) is 9.59 Å². The smallest absolute Gasteiger partial charge is 0.468 e. The molecule has 7 nitrogen and oxygen atoms in total. The summed E-state index contributed by atoms with van der Waals surface area (Å²) in [5, 5.41) is 4.78. The second-order valence-corrected chi connectivity index (χ2v) is 5.73. The number of rotatable bonds is 6. The molecule has 0 aliphatic rings. The van der Waals surface area contributed by atoms with Crippen LogP contribution in [0, 0.1) is 0 Å². The van der Waals surface area contributed by atoms with Crippen LogP contribution in [0.25, 0.3) is 0 Å². The Labute approximate surface area is 153 Å². The zero-order valence-electron chi connectivity index (χ0n) is 14.5. The quantitative estimate of drug-likeness (QED) is 0.747. The summed E-state index contributed by atoms with van der Waals surface area (Å²) < 4.78 is 45.4. The number of likely N-dealkylation sites (N-methyl/N-ethyl adjacent to an activating group) is 1. The third kappa shape index (κ3) is 6.33. The zero-order chi connectivity index (χ0) is 20.0. The van der Waals surface area contributed by atoms with E-state index in [9.17, 15) is 22.8 Å². The van der Waals surface area contributed by atoms with Gasteiger partial charge in [0.05, 0.1) is 12.3 Å². The van der Waals surface area contributed by atoms with E-state index in [2.05, 4.69) is 15.4 Å². The first-order valence-electron chi connectivity index (χ1n) is 7.80. The number of furan rings is 1. The summed E-state index contributed by atoms with van der Waals surface area (Å²) in [6, 6.07) is 7.64. The molecule has 0 aliphatic carbocycles. The Hall–Kier alpha value is -3.01. The molecule has 0 radical (unpaired) electrons. The second kappa shape index (κ2) is 8.58. The zero-order valence-corrected chi connectivity index (χ0v) is 14.5. The van der Waals surface area contributed by atoms with Crippen molar-refractivity contribution in [3.63, 3.8) is 0 Å². The monoisotopic (exact) mass is 385 g/mol. The van der Waals surface area contributed by atoms with Crippen LogP contribution >= 0.6 is 0 Å². The number of amides is 2. The number of nitrogens with zero attached hydrogens (tertiary/aromatic N) is 1. The molecule has 10 heteroatoms. The van der Waals surface area contributed by atoms with E-state index in [1.165, 1.54) is 18.4 Å². The fourth-order valence-corrected chi connectivity index (χ4v) is 2.22. The normalized spacial score (nSPS) is 12.5. The molecule has 0 saturated heterocycles. The van der Waals surface area contributed by atoms with Crippen molar-refractivity contribution in [3.8, 4) is 5.75 Å². The van der Waals surface area contributed by atoms with E-state index >= 15 is 0 Å². The Balaban J connectivity index is 1.89. The van der Waals surface area contributed by atoms with Crippen LogP contribution in [-0.4, -0.2) is 43.7 Å². The molecule has 146 valence electrons. The van der Waals surface area contributed by atoms with E-state index in [0.717, 1.165) is 12.1 Å². The highest BCUT2D eigenvalue weighted by Crippen LogP contribution is 2.24. The second-order valence-electron chi connectivity index (χ2n) is 5.73. The Morgan fingerprint density at radius 3 is 2.33 bits per heavy atom. The van der Waals surface area contributed by atoms with Crippen molar-refractivity contribution >= 4 is 17.5 Å². The number of hydrogen-bond acceptors (Lipinski definition) is 5. The van der Waals surface area contributed by atoms with Crippen LogP contribution in [0.1, 0.15) is 11.8 Å². The number of carbonyl (C=O) groups excluding carboxylic acids is 2. The molecule has 1 aromatic heterocycles. The number of anilines is 1. The van der Waals surface area contributed by atoms with Gasteiger partial charge in [0.2, 0.25) is 0 Å². The topological polar surface area (TPSA) is 83.8 Å². The lowest BCUT2D eigenvalue weighted by Gasteiger charge is -2.22. The summed E-state index contributed by atoms with van der Waals surface area (Å²) in [5.74, 6) is -1.64. The molecule has 0 spiro atoms. The van der Waals surface area contributed by atoms with Gasteiger partial charge in [-0.2, -0.15) is 0 Å². The van der Waals surface area contributed by atoms with E-state index in [1.807, 2.05) is 4.90 Å². The van der Waals surface area contributed by atoms with Crippen molar-refractivity contribution in [1.29, 1.82) is 0 Å². The average molecular weight is 385 g/mol. The summed E-state index contributed by atoms with van der Waals surface area (Å²) >= 11 is 0.